The standard InChI is InChI=1S/C17H29N3O4/c1-17(2,3)24-16(23)20-11-7-8-13(20)15(22)18-12-14(21)19-9-5-4-6-10-19/h13H,4-12H2,1-3H3,(H,18,22). The maximum atomic E-state index is 12.4. The Morgan fingerprint density at radius 3 is 2.33 bits per heavy atom. The predicted molar refractivity (Wildman–Crippen MR) is 89.4 cm³/mol. The largest absolute Gasteiger partial charge is 0.444 e. The van der Waals surface area contributed by atoms with E-state index in [0.29, 0.717) is 13.0 Å². The molecule has 24 heavy (non-hydrogen) atoms. The van der Waals surface area contributed by atoms with Gasteiger partial charge in [0.25, 0.3) is 0 Å². The number of carbonyl (C=O) groups is 3. The molecule has 0 radical (unpaired) electrons. The lowest BCUT2D eigenvalue weighted by molar-refractivity contribution is -0.134. The van der Waals surface area contributed by atoms with E-state index in [1.54, 1.807) is 25.7 Å². The van der Waals surface area contributed by atoms with Crippen LogP contribution in [0.15, 0.2) is 0 Å². The van der Waals surface area contributed by atoms with Crippen molar-refractivity contribution in [2.75, 3.05) is 26.2 Å². The zero-order chi connectivity index (χ0) is 17.7. The molecule has 0 aliphatic carbocycles. The Balaban J connectivity index is 1.84. The number of amides is 3. The Morgan fingerprint density at radius 1 is 1.04 bits per heavy atom. The van der Waals surface area contributed by atoms with Gasteiger partial charge >= 0.3 is 6.09 Å². The average molecular weight is 339 g/mol. The van der Waals surface area contributed by atoms with E-state index in [4.69, 9.17) is 4.74 Å². The smallest absolute Gasteiger partial charge is 0.410 e. The van der Waals surface area contributed by atoms with Gasteiger partial charge in [-0.1, -0.05) is 0 Å². The molecule has 0 bridgehead atoms. The minimum atomic E-state index is -0.592. The fraction of sp³-hybridized carbons (Fsp3) is 0.824. The maximum Gasteiger partial charge on any atom is 0.410 e. The molecule has 136 valence electrons. The van der Waals surface area contributed by atoms with Gasteiger partial charge in [0.05, 0.1) is 6.54 Å². The van der Waals surface area contributed by atoms with Crippen molar-refractivity contribution in [3.8, 4) is 0 Å². The lowest BCUT2D eigenvalue weighted by Crippen LogP contribution is -2.50. The van der Waals surface area contributed by atoms with Gasteiger partial charge in [0.2, 0.25) is 11.8 Å². The molecule has 0 aromatic heterocycles. The first kappa shape index (κ1) is 18.5. The van der Waals surface area contributed by atoms with Crippen molar-refractivity contribution < 1.29 is 19.1 Å². The summed E-state index contributed by atoms with van der Waals surface area (Å²) in [7, 11) is 0. The molecule has 0 aromatic carbocycles. The molecule has 2 aliphatic heterocycles. The van der Waals surface area contributed by atoms with E-state index in [1.165, 1.54) is 4.90 Å². The lowest BCUT2D eigenvalue weighted by Gasteiger charge is -2.29. The van der Waals surface area contributed by atoms with Crippen LogP contribution in [0.5, 0.6) is 0 Å². The summed E-state index contributed by atoms with van der Waals surface area (Å²) >= 11 is 0. The van der Waals surface area contributed by atoms with Gasteiger partial charge in [-0.15, -0.1) is 0 Å². The molecule has 0 aromatic rings. The summed E-state index contributed by atoms with van der Waals surface area (Å²) in [6, 6.07) is -0.547. The van der Waals surface area contributed by atoms with Crippen molar-refractivity contribution >= 4 is 17.9 Å². The van der Waals surface area contributed by atoms with Gasteiger partial charge in [0, 0.05) is 19.6 Å². The average Bonchev–Trinajstić information content (AvgIpc) is 3.01. The molecule has 3 amide bonds. The Kier molecular flexibility index (Phi) is 6.07. The summed E-state index contributed by atoms with van der Waals surface area (Å²) in [6.45, 7) is 7.43. The van der Waals surface area contributed by atoms with E-state index >= 15 is 0 Å². The number of nitrogens with one attached hydrogen (secondary N) is 1. The van der Waals surface area contributed by atoms with Crippen LogP contribution in [-0.2, 0) is 14.3 Å². The fourth-order valence-electron chi connectivity index (χ4n) is 3.11. The van der Waals surface area contributed by atoms with Crippen LogP contribution in [0.1, 0.15) is 52.9 Å². The normalized spacial score (nSPS) is 21.5. The molecule has 2 heterocycles. The Morgan fingerprint density at radius 2 is 1.71 bits per heavy atom. The van der Waals surface area contributed by atoms with Crippen LogP contribution in [0.3, 0.4) is 0 Å². The Bertz CT molecular complexity index is 481. The number of nitrogens with zero attached hydrogens (tertiary/aromatic N) is 2. The second kappa shape index (κ2) is 7.85. The van der Waals surface area contributed by atoms with Crippen LogP contribution in [0, 0.1) is 0 Å². The van der Waals surface area contributed by atoms with Crippen LogP contribution in [0.4, 0.5) is 4.79 Å². The van der Waals surface area contributed by atoms with Gasteiger partial charge in [0.15, 0.2) is 0 Å². The highest BCUT2D eigenvalue weighted by atomic mass is 16.6. The topological polar surface area (TPSA) is 79.0 Å². The predicted octanol–water partition coefficient (Wildman–Crippen LogP) is 1.51. The lowest BCUT2D eigenvalue weighted by atomic mass is 10.1. The molecule has 0 saturated carbocycles. The SMILES string of the molecule is CC(C)(C)OC(=O)N1CCCC1C(=O)NCC(=O)N1CCCCC1. The molecule has 0 spiro atoms. The van der Waals surface area contributed by atoms with Crippen molar-refractivity contribution in [2.24, 2.45) is 0 Å². The van der Waals surface area contributed by atoms with Gasteiger partial charge in [-0.25, -0.2) is 4.79 Å². The summed E-state index contributed by atoms with van der Waals surface area (Å²) in [4.78, 5) is 40.0. The Hall–Kier alpha value is -1.79. The second-order valence-corrected chi connectivity index (χ2v) is 7.49. The molecule has 2 rings (SSSR count). The first-order chi connectivity index (χ1) is 11.3. The van der Waals surface area contributed by atoms with Crippen LogP contribution < -0.4 is 5.32 Å². The summed E-state index contributed by atoms with van der Waals surface area (Å²) in [6.07, 6.45) is 4.09. The van der Waals surface area contributed by atoms with E-state index in [0.717, 1.165) is 38.8 Å². The van der Waals surface area contributed by atoms with E-state index in [2.05, 4.69) is 5.32 Å². The van der Waals surface area contributed by atoms with Crippen molar-refractivity contribution in [1.82, 2.24) is 15.1 Å². The van der Waals surface area contributed by atoms with E-state index in [-0.39, 0.29) is 18.4 Å². The van der Waals surface area contributed by atoms with Crippen molar-refractivity contribution in [3.63, 3.8) is 0 Å². The molecule has 1 atom stereocenters. The molecule has 7 heteroatoms. The number of rotatable bonds is 3. The number of piperidine rings is 1. The summed E-state index contributed by atoms with van der Waals surface area (Å²) in [5.74, 6) is -0.325. The monoisotopic (exact) mass is 339 g/mol. The number of likely N-dealkylation sites (tertiary alicyclic amines) is 2. The van der Waals surface area contributed by atoms with Crippen LogP contribution in [0.25, 0.3) is 0 Å². The summed E-state index contributed by atoms with van der Waals surface area (Å²) < 4.78 is 5.35. The fourth-order valence-corrected chi connectivity index (χ4v) is 3.11. The van der Waals surface area contributed by atoms with E-state index in [1.807, 2.05) is 0 Å². The van der Waals surface area contributed by atoms with E-state index in [9.17, 15) is 14.4 Å². The van der Waals surface area contributed by atoms with E-state index < -0.39 is 17.7 Å². The Labute approximate surface area is 143 Å². The highest BCUT2D eigenvalue weighted by Gasteiger charge is 2.36. The third kappa shape index (κ3) is 5.11. The highest BCUT2D eigenvalue weighted by molar-refractivity contribution is 5.89. The van der Waals surface area contributed by atoms with Crippen molar-refractivity contribution in [3.05, 3.63) is 0 Å². The summed E-state index contributed by atoms with van der Waals surface area (Å²) in [5, 5.41) is 2.69. The molecular weight excluding hydrogens is 310 g/mol. The van der Waals surface area contributed by atoms with Crippen molar-refractivity contribution in [2.45, 2.75) is 64.5 Å². The molecule has 2 fully saturated rings. The van der Waals surface area contributed by atoms with Crippen LogP contribution in [0.2, 0.25) is 0 Å². The van der Waals surface area contributed by atoms with Crippen LogP contribution >= 0.6 is 0 Å². The zero-order valence-electron chi connectivity index (χ0n) is 15.0. The first-order valence-corrected chi connectivity index (χ1v) is 8.83. The number of carbonyl (C=O) groups excluding carboxylic acids is 3. The minimum Gasteiger partial charge on any atom is -0.444 e. The molecule has 2 aliphatic rings. The van der Waals surface area contributed by atoms with Gasteiger partial charge in [-0.3, -0.25) is 14.5 Å². The third-order valence-corrected chi connectivity index (χ3v) is 4.31. The quantitative estimate of drug-likeness (QED) is 0.845. The number of hydrogen-bond acceptors (Lipinski definition) is 4. The number of hydrogen-bond donors (Lipinski definition) is 1. The minimum absolute atomic E-state index is 0.00249. The molecule has 1 unspecified atom stereocenters. The van der Waals surface area contributed by atoms with Crippen molar-refractivity contribution in [1.29, 1.82) is 0 Å². The molecule has 7 nitrogen and oxygen atoms in total. The first-order valence-electron chi connectivity index (χ1n) is 8.83. The van der Waals surface area contributed by atoms with Gasteiger partial charge in [-0.05, 0) is 52.9 Å². The number of ether oxygens (including phenoxy) is 1. The van der Waals surface area contributed by atoms with Crippen LogP contribution in [-0.4, -0.2) is 65.5 Å². The van der Waals surface area contributed by atoms with Gasteiger partial charge in [0.1, 0.15) is 11.6 Å². The molecule has 1 N–H and O–H groups in total. The maximum absolute atomic E-state index is 12.4. The molecule has 2 saturated heterocycles. The van der Waals surface area contributed by atoms with Gasteiger partial charge < -0.3 is 15.0 Å². The zero-order valence-corrected chi connectivity index (χ0v) is 15.0. The summed E-state index contributed by atoms with van der Waals surface area (Å²) in [5.41, 5.74) is -0.592. The third-order valence-electron chi connectivity index (χ3n) is 4.31. The second-order valence-electron chi connectivity index (χ2n) is 7.49. The van der Waals surface area contributed by atoms with Gasteiger partial charge in [-0.2, -0.15) is 0 Å². The highest BCUT2D eigenvalue weighted by Crippen LogP contribution is 2.21. The molecular formula is C17H29N3O4.